The first-order valence-electron chi connectivity index (χ1n) is 8.11. The first-order chi connectivity index (χ1) is 13.6. The van der Waals surface area contributed by atoms with Crippen LogP contribution in [0.1, 0.15) is 12.8 Å². The maximum atomic E-state index is 12.9. The summed E-state index contributed by atoms with van der Waals surface area (Å²) in [6.07, 6.45) is 1.85. The number of hydrogen-bond acceptors (Lipinski definition) is 7. The number of hydrogen-bond donors (Lipinski definition) is 1. The zero-order chi connectivity index (χ0) is 21.4. The maximum Gasteiger partial charge on any atom is 0.327 e. The number of aromatic nitrogens is 1. The van der Waals surface area contributed by atoms with Gasteiger partial charge < -0.3 is 14.2 Å². The Balaban J connectivity index is 1.97. The third-order valence-corrected chi connectivity index (χ3v) is 6.72. The highest BCUT2D eigenvalue weighted by atomic mass is 79.9. The predicted molar refractivity (Wildman–Crippen MR) is 109 cm³/mol. The molecule has 1 N–H and O–H groups in total. The van der Waals surface area contributed by atoms with E-state index in [4.69, 9.17) is 32.7 Å². The highest BCUT2D eigenvalue weighted by molar-refractivity contribution is 9.10. The van der Waals surface area contributed by atoms with Crippen molar-refractivity contribution in [3.8, 4) is 17.4 Å². The van der Waals surface area contributed by atoms with E-state index in [1.165, 1.54) is 20.4 Å². The van der Waals surface area contributed by atoms with Crippen LogP contribution >= 0.6 is 39.1 Å². The number of ether oxygens (including phenoxy) is 3. The third-order valence-electron chi connectivity index (χ3n) is 4.14. The molecule has 1 saturated carbocycles. The molecule has 156 valence electrons. The molecular formula is C17H15BrCl2N2O6S. The van der Waals surface area contributed by atoms with E-state index in [1.54, 1.807) is 12.1 Å². The summed E-state index contributed by atoms with van der Waals surface area (Å²) in [7, 11) is -1.67. The van der Waals surface area contributed by atoms with Crippen molar-refractivity contribution in [1.82, 2.24) is 9.71 Å². The minimum Gasteiger partial charge on any atom is -0.494 e. The molecule has 1 fully saturated rings. The number of esters is 1. The minimum atomic E-state index is -4.16. The van der Waals surface area contributed by atoms with Gasteiger partial charge in [-0.15, -0.1) is 0 Å². The van der Waals surface area contributed by atoms with E-state index in [1.807, 2.05) is 0 Å². The summed E-state index contributed by atoms with van der Waals surface area (Å²) in [6, 6.07) is 4.29. The zero-order valence-electron chi connectivity index (χ0n) is 15.2. The van der Waals surface area contributed by atoms with Gasteiger partial charge >= 0.3 is 5.97 Å². The van der Waals surface area contributed by atoms with Gasteiger partial charge in [0.25, 0.3) is 0 Å². The van der Waals surface area contributed by atoms with Gasteiger partial charge in [0, 0.05) is 10.5 Å². The van der Waals surface area contributed by atoms with Gasteiger partial charge in [-0.3, -0.25) is 4.79 Å². The first-order valence-corrected chi connectivity index (χ1v) is 11.1. The number of nitrogens with one attached hydrogen (secondary N) is 1. The Morgan fingerprint density at radius 1 is 1.21 bits per heavy atom. The lowest BCUT2D eigenvalue weighted by atomic mass is 10.3. The SMILES string of the molecule is COC(=O)C1(NS(=O)(=O)c2cc(Oc3c(Cl)cc(Br)cc3Cl)ncc2OC)CC1. The summed E-state index contributed by atoms with van der Waals surface area (Å²) in [6.45, 7) is 0. The molecule has 1 aliphatic rings. The highest BCUT2D eigenvalue weighted by Gasteiger charge is 2.54. The molecule has 0 radical (unpaired) electrons. The Labute approximate surface area is 185 Å². The molecule has 0 saturated heterocycles. The fraction of sp³-hybridized carbons (Fsp3) is 0.294. The standard InChI is InChI=1S/C17H15BrCl2N2O6S/c1-26-12-8-21-14(28-15-10(19)5-9(18)6-11(15)20)7-13(12)29(24,25)22-17(3-4-17)16(23)27-2/h5-8,22H,3-4H2,1-2H3. The molecule has 12 heteroatoms. The number of nitrogens with zero attached hydrogens (tertiary/aromatic N) is 1. The van der Waals surface area contributed by atoms with E-state index < -0.39 is 21.5 Å². The average molecular weight is 526 g/mol. The first kappa shape index (κ1) is 22.1. The van der Waals surface area contributed by atoms with Gasteiger partial charge in [0.1, 0.15) is 10.4 Å². The second kappa shape index (κ2) is 8.27. The minimum absolute atomic E-state index is 0.0292. The fourth-order valence-electron chi connectivity index (χ4n) is 2.54. The van der Waals surface area contributed by atoms with Crippen molar-refractivity contribution >= 4 is 55.1 Å². The molecule has 1 aromatic heterocycles. The van der Waals surface area contributed by atoms with Crippen LogP contribution in [0.25, 0.3) is 0 Å². The number of benzene rings is 1. The summed E-state index contributed by atoms with van der Waals surface area (Å²) in [5.41, 5.74) is -1.28. The quantitative estimate of drug-likeness (QED) is 0.546. The molecule has 8 nitrogen and oxygen atoms in total. The van der Waals surface area contributed by atoms with Gasteiger partial charge in [-0.05, 0) is 25.0 Å². The van der Waals surface area contributed by atoms with Crippen LogP contribution < -0.4 is 14.2 Å². The molecule has 0 unspecified atom stereocenters. The number of carbonyl (C=O) groups excluding carboxylic acids is 1. The maximum absolute atomic E-state index is 12.9. The molecule has 0 atom stereocenters. The molecule has 1 heterocycles. The molecule has 29 heavy (non-hydrogen) atoms. The van der Waals surface area contributed by atoms with Gasteiger partial charge in [0.2, 0.25) is 15.9 Å². The molecule has 0 spiro atoms. The monoisotopic (exact) mass is 524 g/mol. The summed E-state index contributed by atoms with van der Waals surface area (Å²) < 4.78 is 44.3. The van der Waals surface area contributed by atoms with Gasteiger partial charge in [-0.2, -0.15) is 4.72 Å². The van der Waals surface area contributed by atoms with E-state index in [9.17, 15) is 13.2 Å². The van der Waals surface area contributed by atoms with E-state index >= 15 is 0 Å². The topological polar surface area (TPSA) is 104 Å². The van der Waals surface area contributed by atoms with Crippen molar-refractivity contribution in [2.75, 3.05) is 14.2 Å². The average Bonchev–Trinajstić information content (AvgIpc) is 3.43. The summed E-state index contributed by atoms with van der Waals surface area (Å²) in [5, 5.41) is 0.402. The molecule has 1 aliphatic carbocycles. The number of sulfonamides is 1. The molecule has 0 aliphatic heterocycles. The predicted octanol–water partition coefficient (Wildman–Crippen LogP) is 3.94. The lowest BCUT2D eigenvalue weighted by Gasteiger charge is -2.17. The van der Waals surface area contributed by atoms with Crippen molar-refractivity contribution in [3.63, 3.8) is 0 Å². The Hall–Kier alpha value is -1.59. The van der Waals surface area contributed by atoms with Crippen molar-refractivity contribution in [1.29, 1.82) is 0 Å². The Bertz CT molecular complexity index is 1050. The van der Waals surface area contributed by atoms with Crippen molar-refractivity contribution < 1.29 is 27.4 Å². The van der Waals surface area contributed by atoms with Crippen LogP contribution in [0.15, 0.2) is 33.8 Å². The Kier molecular flexibility index (Phi) is 6.30. The summed E-state index contributed by atoms with van der Waals surface area (Å²) >= 11 is 15.5. The van der Waals surface area contributed by atoms with Crippen molar-refractivity contribution in [3.05, 3.63) is 38.9 Å². The van der Waals surface area contributed by atoms with Crippen LogP contribution in [0.4, 0.5) is 0 Å². The van der Waals surface area contributed by atoms with Crippen molar-refractivity contribution in [2.45, 2.75) is 23.3 Å². The second-order valence-corrected chi connectivity index (χ2v) is 9.53. The largest absolute Gasteiger partial charge is 0.494 e. The molecule has 0 bridgehead atoms. The highest BCUT2D eigenvalue weighted by Crippen LogP contribution is 2.41. The van der Waals surface area contributed by atoms with E-state index in [-0.39, 0.29) is 32.3 Å². The normalized spacial score (nSPS) is 14.9. The second-order valence-electron chi connectivity index (χ2n) is 6.15. The van der Waals surface area contributed by atoms with Gasteiger partial charge in [0.05, 0.1) is 30.5 Å². The zero-order valence-corrected chi connectivity index (χ0v) is 19.1. The van der Waals surface area contributed by atoms with Crippen LogP contribution in [0.2, 0.25) is 10.0 Å². The summed E-state index contributed by atoms with van der Waals surface area (Å²) in [4.78, 5) is 15.7. The van der Waals surface area contributed by atoms with Gasteiger partial charge in [-0.25, -0.2) is 13.4 Å². The van der Waals surface area contributed by atoms with Crippen LogP contribution in [-0.4, -0.2) is 39.1 Å². The van der Waals surface area contributed by atoms with E-state index in [0.29, 0.717) is 17.3 Å². The van der Waals surface area contributed by atoms with Crippen molar-refractivity contribution in [2.24, 2.45) is 0 Å². The Morgan fingerprint density at radius 2 is 1.83 bits per heavy atom. The van der Waals surface area contributed by atoms with E-state index in [2.05, 4.69) is 30.4 Å². The lowest BCUT2D eigenvalue weighted by Crippen LogP contribution is -2.43. The molecule has 0 amide bonds. The smallest absolute Gasteiger partial charge is 0.327 e. The lowest BCUT2D eigenvalue weighted by molar-refractivity contribution is -0.143. The number of carbonyl (C=O) groups is 1. The molecule has 2 aromatic rings. The van der Waals surface area contributed by atoms with Gasteiger partial charge in [-0.1, -0.05) is 39.1 Å². The third kappa shape index (κ3) is 4.61. The number of halogens is 3. The van der Waals surface area contributed by atoms with Gasteiger partial charge in [0.15, 0.2) is 11.5 Å². The van der Waals surface area contributed by atoms with Crippen LogP contribution in [0, 0.1) is 0 Å². The number of rotatable bonds is 7. The number of pyridine rings is 1. The molecule has 3 rings (SSSR count). The summed E-state index contributed by atoms with van der Waals surface area (Å²) in [5.74, 6) is -0.656. The van der Waals surface area contributed by atoms with Crippen LogP contribution in [0.5, 0.6) is 17.4 Å². The van der Waals surface area contributed by atoms with Crippen LogP contribution in [0.3, 0.4) is 0 Å². The fourth-order valence-corrected chi connectivity index (χ4v) is 5.39. The molecular weight excluding hydrogens is 511 g/mol. The molecule has 1 aromatic carbocycles. The van der Waals surface area contributed by atoms with E-state index in [0.717, 1.165) is 6.07 Å². The Morgan fingerprint density at radius 3 is 2.34 bits per heavy atom. The number of methoxy groups -OCH3 is 2. The van der Waals surface area contributed by atoms with Crippen LogP contribution in [-0.2, 0) is 19.6 Å².